The summed E-state index contributed by atoms with van der Waals surface area (Å²) >= 11 is 12.0. The predicted molar refractivity (Wildman–Crippen MR) is 64.6 cm³/mol. The molecule has 0 bridgehead atoms. The van der Waals surface area contributed by atoms with Gasteiger partial charge in [0.15, 0.2) is 0 Å². The fraction of sp³-hybridized carbons (Fsp3) is 0.455. The van der Waals surface area contributed by atoms with Crippen LogP contribution in [0.25, 0.3) is 0 Å². The van der Waals surface area contributed by atoms with Gasteiger partial charge in [0, 0.05) is 22.7 Å². The van der Waals surface area contributed by atoms with Gasteiger partial charge in [0.1, 0.15) is 0 Å². The smallest absolute Gasteiger partial charge is 0.0454 e. The third-order valence-corrected chi connectivity index (χ3v) is 2.78. The summed E-state index contributed by atoms with van der Waals surface area (Å²) in [5.41, 5.74) is 0.945. The molecule has 0 fully saturated rings. The van der Waals surface area contributed by atoms with Gasteiger partial charge in [-0.15, -0.1) is 0 Å². The minimum atomic E-state index is 0.0613. The molecule has 1 aromatic rings. The third-order valence-electron chi connectivity index (χ3n) is 2.20. The average molecular weight is 248 g/mol. The number of hydrogen-bond acceptors (Lipinski definition) is 2. The minimum Gasteiger partial charge on any atom is -0.396 e. The van der Waals surface area contributed by atoms with Gasteiger partial charge in [0.25, 0.3) is 0 Å². The molecule has 2 nitrogen and oxygen atoms in total. The first-order valence-electron chi connectivity index (χ1n) is 4.98. The number of aliphatic hydroxyl groups excluding tert-OH is 1. The third kappa shape index (κ3) is 3.65. The molecule has 0 aliphatic rings. The Kier molecular flexibility index (Phi) is 5.40. The minimum absolute atomic E-state index is 0.0613. The number of nitrogens with one attached hydrogen (secondary N) is 1. The summed E-state index contributed by atoms with van der Waals surface area (Å²) in [4.78, 5) is 0. The Morgan fingerprint density at radius 3 is 2.73 bits per heavy atom. The fourth-order valence-electron chi connectivity index (χ4n) is 1.52. The van der Waals surface area contributed by atoms with Crippen molar-refractivity contribution in [1.29, 1.82) is 0 Å². The standard InChI is InChI=1S/C11H15Cl2NO/c1-2-14-11(5-6-15)9-7-8(12)3-4-10(9)13/h3-4,7,11,14-15H,2,5-6H2,1H3. The van der Waals surface area contributed by atoms with E-state index in [0.29, 0.717) is 16.5 Å². The van der Waals surface area contributed by atoms with Crippen molar-refractivity contribution >= 4 is 23.2 Å². The molecule has 1 atom stereocenters. The van der Waals surface area contributed by atoms with Crippen LogP contribution in [0.15, 0.2) is 18.2 Å². The van der Waals surface area contributed by atoms with Crippen LogP contribution in [0.1, 0.15) is 24.9 Å². The summed E-state index contributed by atoms with van der Waals surface area (Å²) in [6.07, 6.45) is 0.633. The van der Waals surface area contributed by atoms with Gasteiger partial charge in [-0.1, -0.05) is 30.1 Å². The highest BCUT2D eigenvalue weighted by atomic mass is 35.5. The Hall–Kier alpha value is -0.280. The van der Waals surface area contributed by atoms with E-state index in [0.717, 1.165) is 12.1 Å². The molecule has 0 heterocycles. The molecule has 0 spiro atoms. The molecular formula is C11H15Cl2NO. The van der Waals surface area contributed by atoms with Crippen molar-refractivity contribution in [1.82, 2.24) is 5.32 Å². The van der Waals surface area contributed by atoms with Crippen molar-refractivity contribution in [2.24, 2.45) is 0 Å². The Balaban J connectivity index is 2.93. The maximum absolute atomic E-state index is 8.97. The van der Waals surface area contributed by atoms with Crippen molar-refractivity contribution in [3.63, 3.8) is 0 Å². The lowest BCUT2D eigenvalue weighted by atomic mass is 10.0. The van der Waals surface area contributed by atoms with E-state index in [9.17, 15) is 0 Å². The van der Waals surface area contributed by atoms with Gasteiger partial charge >= 0.3 is 0 Å². The second kappa shape index (κ2) is 6.33. The maximum Gasteiger partial charge on any atom is 0.0454 e. The maximum atomic E-state index is 8.97. The zero-order chi connectivity index (χ0) is 11.3. The van der Waals surface area contributed by atoms with E-state index in [2.05, 4.69) is 5.32 Å². The van der Waals surface area contributed by atoms with E-state index in [1.54, 1.807) is 12.1 Å². The van der Waals surface area contributed by atoms with Crippen LogP contribution in [0.5, 0.6) is 0 Å². The second-order valence-electron chi connectivity index (χ2n) is 3.29. The van der Waals surface area contributed by atoms with Crippen LogP contribution in [0.3, 0.4) is 0 Å². The zero-order valence-corrected chi connectivity index (χ0v) is 10.1. The van der Waals surface area contributed by atoms with Crippen LogP contribution in [-0.4, -0.2) is 18.3 Å². The largest absolute Gasteiger partial charge is 0.396 e. The van der Waals surface area contributed by atoms with E-state index in [4.69, 9.17) is 28.3 Å². The van der Waals surface area contributed by atoms with Crippen LogP contribution >= 0.6 is 23.2 Å². The highest BCUT2D eigenvalue weighted by Gasteiger charge is 2.13. The Morgan fingerprint density at radius 2 is 2.13 bits per heavy atom. The van der Waals surface area contributed by atoms with Gasteiger partial charge in [-0.25, -0.2) is 0 Å². The van der Waals surface area contributed by atoms with Gasteiger partial charge in [-0.2, -0.15) is 0 Å². The van der Waals surface area contributed by atoms with Gasteiger partial charge in [-0.05, 0) is 36.7 Å². The fourth-order valence-corrected chi connectivity index (χ4v) is 1.95. The van der Waals surface area contributed by atoms with E-state index in [-0.39, 0.29) is 12.6 Å². The first-order valence-corrected chi connectivity index (χ1v) is 5.73. The summed E-state index contributed by atoms with van der Waals surface area (Å²) in [6, 6.07) is 5.44. The first-order chi connectivity index (χ1) is 7.19. The number of aliphatic hydroxyl groups is 1. The summed E-state index contributed by atoms with van der Waals surface area (Å²) in [5.74, 6) is 0. The molecule has 0 saturated carbocycles. The summed E-state index contributed by atoms with van der Waals surface area (Å²) in [7, 11) is 0. The van der Waals surface area contributed by atoms with E-state index < -0.39 is 0 Å². The van der Waals surface area contributed by atoms with Gasteiger partial charge in [0.05, 0.1) is 0 Å². The number of benzene rings is 1. The summed E-state index contributed by atoms with van der Waals surface area (Å²) in [5, 5.41) is 13.6. The lowest BCUT2D eigenvalue weighted by Crippen LogP contribution is -2.22. The molecule has 4 heteroatoms. The molecule has 0 amide bonds. The zero-order valence-electron chi connectivity index (χ0n) is 8.63. The summed E-state index contributed by atoms with van der Waals surface area (Å²) < 4.78 is 0. The summed E-state index contributed by atoms with van der Waals surface area (Å²) in [6.45, 7) is 2.97. The van der Waals surface area contributed by atoms with Gasteiger partial charge in [0.2, 0.25) is 0 Å². The number of halogens is 2. The molecule has 0 aromatic heterocycles. The van der Waals surface area contributed by atoms with Crippen LogP contribution < -0.4 is 5.32 Å². The number of rotatable bonds is 5. The molecular weight excluding hydrogens is 233 g/mol. The normalized spacial score (nSPS) is 12.8. The molecule has 1 unspecified atom stereocenters. The monoisotopic (exact) mass is 247 g/mol. The number of hydrogen-bond donors (Lipinski definition) is 2. The van der Waals surface area contributed by atoms with Crippen LogP contribution in [-0.2, 0) is 0 Å². The van der Waals surface area contributed by atoms with Crippen molar-refractivity contribution in [2.75, 3.05) is 13.2 Å². The second-order valence-corrected chi connectivity index (χ2v) is 4.13. The van der Waals surface area contributed by atoms with Crippen LogP contribution in [0.2, 0.25) is 10.0 Å². The molecule has 15 heavy (non-hydrogen) atoms. The van der Waals surface area contributed by atoms with Gasteiger partial charge in [-0.3, -0.25) is 0 Å². The highest BCUT2D eigenvalue weighted by molar-refractivity contribution is 6.33. The molecule has 0 aliphatic heterocycles. The van der Waals surface area contributed by atoms with Crippen LogP contribution in [0, 0.1) is 0 Å². The molecule has 1 rings (SSSR count). The Labute approximate surface area is 100 Å². The van der Waals surface area contributed by atoms with E-state index in [1.165, 1.54) is 0 Å². The van der Waals surface area contributed by atoms with Crippen molar-refractivity contribution < 1.29 is 5.11 Å². The van der Waals surface area contributed by atoms with Crippen molar-refractivity contribution in [3.05, 3.63) is 33.8 Å². The molecule has 0 aliphatic carbocycles. The van der Waals surface area contributed by atoms with Crippen LogP contribution in [0.4, 0.5) is 0 Å². The van der Waals surface area contributed by atoms with E-state index in [1.807, 2.05) is 13.0 Å². The van der Waals surface area contributed by atoms with E-state index >= 15 is 0 Å². The first kappa shape index (κ1) is 12.8. The van der Waals surface area contributed by atoms with Crippen molar-refractivity contribution in [2.45, 2.75) is 19.4 Å². The predicted octanol–water partition coefficient (Wildman–Crippen LogP) is 3.03. The Bertz CT molecular complexity index is 311. The molecule has 2 N–H and O–H groups in total. The average Bonchev–Trinajstić information content (AvgIpc) is 2.21. The molecule has 0 radical (unpaired) electrons. The SMILES string of the molecule is CCNC(CCO)c1cc(Cl)ccc1Cl. The van der Waals surface area contributed by atoms with Crippen molar-refractivity contribution in [3.8, 4) is 0 Å². The Morgan fingerprint density at radius 1 is 1.40 bits per heavy atom. The quantitative estimate of drug-likeness (QED) is 0.839. The molecule has 0 saturated heterocycles. The van der Waals surface area contributed by atoms with Gasteiger partial charge < -0.3 is 10.4 Å². The lowest BCUT2D eigenvalue weighted by molar-refractivity contribution is 0.266. The topological polar surface area (TPSA) is 32.3 Å². The highest BCUT2D eigenvalue weighted by Crippen LogP contribution is 2.27. The lowest BCUT2D eigenvalue weighted by Gasteiger charge is -2.18. The molecule has 84 valence electrons. The molecule has 1 aromatic carbocycles.